The van der Waals surface area contributed by atoms with Crippen molar-refractivity contribution in [3.63, 3.8) is 0 Å². The molecule has 0 radical (unpaired) electrons. The summed E-state index contributed by atoms with van der Waals surface area (Å²) in [6.07, 6.45) is 0.213. The van der Waals surface area contributed by atoms with Crippen LogP contribution in [0.4, 0.5) is 5.69 Å². The van der Waals surface area contributed by atoms with E-state index in [9.17, 15) is 9.59 Å². The Labute approximate surface area is 147 Å². The molecule has 7 heteroatoms. The number of aromatic nitrogens is 1. The van der Waals surface area contributed by atoms with Crippen molar-refractivity contribution in [3.8, 4) is 9.88 Å². The van der Waals surface area contributed by atoms with Crippen LogP contribution >= 0.6 is 22.7 Å². The summed E-state index contributed by atoms with van der Waals surface area (Å²) >= 11 is 3.03. The van der Waals surface area contributed by atoms with E-state index in [-0.39, 0.29) is 18.2 Å². The number of nitrogens with zero attached hydrogens (tertiary/aromatic N) is 1. The van der Waals surface area contributed by atoms with Gasteiger partial charge in [0, 0.05) is 18.1 Å². The lowest BCUT2D eigenvalue weighted by atomic mass is 10.1. The van der Waals surface area contributed by atoms with Gasteiger partial charge < -0.3 is 10.6 Å². The topological polar surface area (TPSA) is 71.1 Å². The Morgan fingerprint density at radius 3 is 2.71 bits per heavy atom. The fourth-order valence-electron chi connectivity index (χ4n) is 2.14. The van der Waals surface area contributed by atoms with Gasteiger partial charge in [-0.3, -0.25) is 9.59 Å². The Morgan fingerprint density at radius 1 is 1.12 bits per heavy atom. The van der Waals surface area contributed by atoms with Gasteiger partial charge in [-0.2, -0.15) is 0 Å². The molecule has 5 nitrogen and oxygen atoms in total. The zero-order chi connectivity index (χ0) is 16.9. The van der Waals surface area contributed by atoms with Crippen LogP contribution in [-0.4, -0.2) is 23.8 Å². The molecule has 0 unspecified atom stereocenters. The monoisotopic (exact) mass is 357 g/mol. The quantitative estimate of drug-likeness (QED) is 0.735. The molecule has 2 heterocycles. The average molecular weight is 357 g/mol. The lowest BCUT2D eigenvalue weighted by molar-refractivity contribution is -0.119. The molecule has 0 fully saturated rings. The number of para-hydroxylation sites is 1. The summed E-state index contributed by atoms with van der Waals surface area (Å²) in [4.78, 5) is 29.5. The van der Waals surface area contributed by atoms with Crippen LogP contribution in [0, 0.1) is 0 Å². The van der Waals surface area contributed by atoms with E-state index in [1.165, 1.54) is 11.3 Å². The SMILES string of the molecule is CNC(=O)Cc1ccccc1NC(=O)c1csc(-c2cccs2)n1. The molecule has 0 atom stereocenters. The number of hydrogen-bond acceptors (Lipinski definition) is 5. The zero-order valence-electron chi connectivity index (χ0n) is 12.9. The lowest BCUT2D eigenvalue weighted by Gasteiger charge is -2.09. The molecule has 24 heavy (non-hydrogen) atoms. The first kappa shape index (κ1) is 16.4. The Morgan fingerprint density at radius 2 is 1.96 bits per heavy atom. The van der Waals surface area contributed by atoms with Crippen molar-refractivity contribution >= 4 is 40.2 Å². The van der Waals surface area contributed by atoms with Crippen LogP contribution in [0.15, 0.2) is 47.2 Å². The highest BCUT2D eigenvalue weighted by Crippen LogP contribution is 2.28. The maximum absolute atomic E-state index is 12.4. The highest BCUT2D eigenvalue weighted by atomic mass is 32.1. The number of likely N-dealkylation sites (N-methyl/N-ethyl adjacent to an activating group) is 1. The standard InChI is InChI=1S/C17H15N3O2S2/c1-18-15(21)9-11-5-2-3-6-12(11)19-16(22)13-10-24-17(20-13)14-7-4-8-23-14/h2-8,10H,9H2,1H3,(H,18,21)(H,19,22). The van der Waals surface area contributed by atoms with Gasteiger partial charge in [-0.25, -0.2) is 4.98 Å². The van der Waals surface area contributed by atoms with Crippen molar-refractivity contribution in [1.29, 1.82) is 0 Å². The minimum absolute atomic E-state index is 0.106. The van der Waals surface area contributed by atoms with Crippen molar-refractivity contribution in [2.24, 2.45) is 0 Å². The van der Waals surface area contributed by atoms with Crippen LogP contribution < -0.4 is 10.6 Å². The fourth-order valence-corrected chi connectivity index (χ4v) is 3.75. The van der Waals surface area contributed by atoms with Gasteiger partial charge in [0.25, 0.3) is 5.91 Å². The van der Waals surface area contributed by atoms with E-state index in [0.717, 1.165) is 15.4 Å². The number of nitrogens with one attached hydrogen (secondary N) is 2. The van der Waals surface area contributed by atoms with E-state index in [2.05, 4.69) is 15.6 Å². The summed E-state index contributed by atoms with van der Waals surface area (Å²) in [7, 11) is 1.59. The third-order valence-corrected chi connectivity index (χ3v) is 5.25. The third-order valence-electron chi connectivity index (χ3n) is 3.36. The van der Waals surface area contributed by atoms with E-state index < -0.39 is 0 Å². The molecule has 0 saturated carbocycles. The smallest absolute Gasteiger partial charge is 0.275 e. The first-order chi connectivity index (χ1) is 11.7. The molecule has 2 aromatic heterocycles. The Bertz CT molecular complexity index is 856. The van der Waals surface area contributed by atoms with Crippen LogP contribution in [0.2, 0.25) is 0 Å². The van der Waals surface area contributed by atoms with Crippen molar-refractivity contribution in [3.05, 3.63) is 58.4 Å². The van der Waals surface area contributed by atoms with Gasteiger partial charge in [-0.15, -0.1) is 22.7 Å². The Kier molecular flexibility index (Phi) is 5.02. The van der Waals surface area contributed by atoms with Crippen molar-refractivity contribution < 1.29 is 9.59 Å². The predicted molar refractivity (Wildman–Crippen MR) is 97.6 cm³/mol. The number of benzene rings is 1. The molecule has 122 valence electrons. The first-order valence-corrected chi connectivity index (χ1v) is 9.02. The van der Waals surface area contributed by atoms with Crippen molar-refractivity contribution in [2.45, 2.75) is 6.42 Å². The maximum Gasteiger partial charge on any atom is 0.275 e. The second-order valence-corrected chi connectivity index (χ2v) is 6.78. The third kappa shape index (κ3) is 3.69. The molecule has 0 bridgehead atoms. The molecule has 0 aliphatic rings. The van der Waals surface area contributed by atoms with E-state index in [1.54, 1.807) is 29.8 Å². The van der Waals surface area contributed by atoms with Crippen LogP contribution in [-0.2, 0) is 11.2 Å². The Balaban J connectivity index is 1.77. The largest absolute Gasteiger partial charge is 0.359 e. The summed E-state index contributed by atoms with van der Waals surface area (Å²) in [5, 5.41) is 9.97. The molecule has 1 aromatic carbocycles. The van der Waals surface area contributed by atoms with E-state index >= 15 is 0 Å². The molecular weight excluding hydrogens is 342 g/mol. The summed E-state index contributed by atoms with van der Waals surface area (Å²) in [5.74, 6) is -0.385. The number of thiazole rings is 1. The van der Waals surface area contributed by atoms with E-state index in [4.69, 9.17) is 0 Å². The molecule has 2 N–H and O–H groups in total. The molecule has 2 amide bonds. The summed E-state index contributed by atoms with van der Waals surface area (Å²) in [6, 6.07) is 11.2. The van der Waals surface area contributed by atoms with Crippen molar-refractivity contribution in [1.82, 2.24) is 10.3 Å². The van der Waals surface area contributed by atoms with Gasteiger partial charge >= 0.3 is 0 Å². The fraction of sp³-hybridized carbons (Fsp3) is 0.118. The molecule has 0 saturated heterocycles. The molecule has 0 aliphatic carbocycles. The van der Waals surface area contributed by atoms with Gasteiger partial charge in [0.05, 0.1) is 11.3 Å². The van der Waals surface area contributed by atoms with Crippen LogP contribution in [0.3, 0.4) is 0 Å². The zero-order valence-corrected chi connectivity index (χ0v) is 14.5. The molecular formula is C17H15N3O2S2. The van der Waals surface area contributed by atoms with Crippen LogP contribution in [0.25, 0.3) is 9.88 Å². The summed E-state index contributed by atoms with van der Waals surface area (Å²) < 4.78 is 0. The summed E-state index contributed by atoms with van der Waals surface area (Å²) in [6.45, 7) is 0. The number of rotatable bonds is 5. The van der Waals surface area contributed by atoms with Crippen LogP contribution in [0.1, 0.15) is 16.1 Å². The average Bonchev–Trinajstić information content (AvgIpc) is 3.27. The van der Waals surface area contributed by atoms with E-state index in [0.29, 0.717) is 11.4 Å². The maximum atomic E-state index is 12.4. The van der Waals surface area contributed by atoms with Crippen LogP contribution in [0.5, 0.6) is 0 Å². The number of carbonyl (C=O) groups excluding carboxylic acids is 2. The van der Waals surface area contributed by atoms with Gasteiger partial charge in [-0.1, -0.05) is 24.3 Å². The molecule has 3 aromatic rings. The number of hydrogen-bond donors (Lipinski definition) is 2. The summed E-state index contributed by atoms with van der Waals surface area (Å²) in [5.41, 5.74) is 1.76. The second kappa shape index (κ2) is 7.37. The van der Waals surface area contributed by atoms with E-state index in [1.807, 2.05) is 35.7 Å². The minimum atomic E-state index is -0.279. The normalized spacial score (nSPS) is 10.4. The molecule has 0 aliphatic heterocycles. The Hall–Kier alpha value is -2.51. The number of carbonyl (C=O) groups is 2. The highest BCUT2D eigenvalue weighted by Gasteiger charge is 2.14. The minimum Gasteiger partial charge on any atom is -0.359 e. The lowest BCUT2D eigenvalue weighted by Crippen LogP contribution is -2.21. The number of anilines is 1. The molecule has 0 spiro atoms. The van der Waals surface area contributed by atoms with Gasteiger partial charge in [-0.05, 0) is 23.1 Å². The van der Waals surface area contributed by atoms with Crippen molar-refractivity contribution in [2.75, 3.05) is 12.4 Å². The number of thiophene rings is 1. The predicted octanol–water partition coefficient (Wildman–Crippen LogP) is 3.41. The first-order valence-electron chi connectivity index (χ1n) is 7.26. The van der Waals surface area contributed by atoms with Gasteiger partial charge in [0.15, 0.2) is 0 Å². The van der Waals surface area contributed by atoms with Gasteiger partial charge in [0.1, 0.15) is 10.7 Å². The molecule has 3 rings (SSSR count). The number of amides is 2. The van der Waals surface area contributed by atoms with Gasteiger partial charge in [0.2, 0.25) is 5.91 Å². The highest BCUT2D eigenvalue weighted by molar-refractivity contribution is 7.20. The second-order valence-electron chi connectivity index (χ2n) is 4.98.